The quantitative estimate of drug-likeness (QED) is 0.495. The minimum Gasteiger partial charge on any atom is -0.427 e. The number of hydrogen-bond donors (Lipinski definition) is 0. The van der Waals surface area contributed by atoms with Crippen molar-refractivity contribution in [3.05, 3.63) is 11.8 Å². The number of alkyl halides is 4. The Labute approximate surface area is 63.6 Å². The van der Waals surface area contributed by atoms with Crippen LogP contribution in [0.3, 0.4) is 0 Å². The second-order valence-electron chi connectivity index (χ2n) is 1.78. The monoisotopic (exact) mass is 194 g/mol. The van der Waals surface area contributed by atoms with Gasteiger partial charge in [0.15, 0.2) is 5.76 Å². The van der Waals surface area contributed by atoms with Crippen molar-refractivity contribution in [2.75, 3.05) is 0 Å². The number of allylic oxidation sites excluding steroid dienone is 1. The molecule has 0 aromatic heterocycles. The molecule has 0 amide bonds. The molecule has 0 atom stereocenters. The van der Waals surface area contributed by atoms with Crippen molar-refractivity contribution in [3.63, 3.8) is 0 Å². The van der Waals surface area contributed by atoms with E-state index in [9.17, 15) is 26.3 Å². The summed E-state index contributed by atoms with van der Waals surface area (Å²) in [5, 5.41) is 0. The maximum atomic E-state index is 11.8. The summed E-state index contributed by atoms with van der Waals surface area (Å²) in [6.45, 7) is 0.464. The highest BCUT2D eigenvalue weighted by atomic mass is 19.3. The van der Waals surface area contributed by atoms with E-state index in [1.165, 1.54) is 0 Å². The van der Waals surface area contributed by atoms with Gasteiger partial charge in [-0.15, -0.1) is 0 Å². The van der Waals surface area contributed by atoms with Gasteiger partial charge in [0, 0.05) is 0 Å². The van der Waals surface area contributed by atoms with Gasteiger partial charge in [-0.3, -0.25) is 0 Å². The molecule has 0 rings (SSSR count). The van der Waals surface area contributed by atoms with Crippen molar-refractivity contribution >= 4 is 0 Å². The topological polar surface area (TPSA) is 9.23 Å². The molecule has 0 spiro atoms. The zero-order valence-electron chi connectivity index (χ0n) is 5.75. The molecule has 0 bridgehead atoms. The molecule has 0 aromatic carbocycles. The van der Waals surface area contributed by atoms with Gasteiger partial charge in [0.2, 0.25) is 0 Å². The first-order valence-electron chi connectivity index (χ1n) is 2.64. The Hall–Kier alpha value is -0.880. The number of hydrogen-bond acceptors (Lipinski definition) is 1. The summed E-state index contributed by atoms with van der Waals surface area (Å²) >= 11 is 0. The van der Waals surface area contributed by atoms with Crippen molar-refractivity contribution in [1.82, 2.24) is 0 Å². The fourth-order valence-corrected chi connectivity index (χ4v) is 0.287. The Balaban J connectivity index is 4.36. The van der Waals surface area contributed by atoms with Gasteiger partial charge in [-0.25, -0.2) is 0 Å². The van der Waals surface area contributed by atoms with Crippen molar-refractivity contribution in [2.24, 2.45) is 0 Å². The number of rotatable bonds is 3. The zero-order valence-corrected chi connectivity index (χ0v) is 5.75. The van der Waals surface area contributed by atoms with Gasteiger partial charge in [0.05, 0.1) is 0 Å². The van der Waals surface area contributed by atoms with Crippen LogP contribution in [0.5, 0.6) is 0 Å². The van der Waals surface area contributed by atoms with Gasteiger partial charge in [-0.2, -0.15) is 26.3 Å². The van der Waals surface area contributed by atoms with E-state index in [0.717, 1.165) is 0 Å². The first kappa shape index (κ1) is 11.1. The molecule has 0 N–H and O–H groups in total. The largest absolute Gasteiger partial charge is 0.461 e. The zero-order chi connectivity index (χ0) is 9.94. The highest BCUT2D eigenvalue weighted by Crippen LogP contribution is 2.28. The predicted molar refractivity (Wildman–Crippen MR) is 27.0 cm³/mol. The molecule has 0 fully saturated rings. The van der Waals surface area contributed by atoms with Gasteiger partial charge in [-0.1, -0.05) is 0 Å². The Morgan fingerprint density at radius 2 is 1.67 bits per heavy atom. The molecule has 0 saturated heterocycles. The first-order valence-corrected chi connectivity index (χ1v) is 2.64. The van der Waals surface area contributed by atoms with E-state index in [-0.39, 0.29) is 0 Å². The van der Waals surface area contributed by atoms with Crippen molar-refractivity contribution in [3.8, 4) is 0 Å². The molecule has 12 heavy (non-hydrogen) atoms. The lowest BCUT2D eigenvalue weighted by molar-refractivity contribution is -0.283. The van der Waals surface area contributed by atoms with Crippen LogP contribution in [0.25, 0.3) is 0 Å². The second kappa shape index (κ2) is 3.68. The van der Waals surface area contributed by atoms with E-state index >= 15 is 0 Å². The van der Waals surface area contributed by atoms with E-state index < -0.39 is 24.4 Å². The molecule has 0 unspecified atom stereocenters. The molecule has 1 nitrogen and oxygen atoms in total. The first-order chi connectivity index (χ1) is 5.27. The highest BCUT2D eigenvalue weighted by Gasteiger charge is 2.44. The summed E-state index contributed by atoms with van der Waals surface area (Å²) in [5.74, 6) is -1.51. The Bertz CT molecular complexity index is 182. The lowest BCUT2D eigenvalue weighted by Crippen LogP contribution is -2.29. The summed E-state index contributed by atoms with van der Waals surface area (Å²) in [6, 6.07) is 0. The fourth-order valence-electron chi connectivity index (χ4n) is 0.287. The third-order valence-electron chi connectivity index (χ3n) is 0.809. The normalized spacial score (nSPS) is 11.7. The molecule has 0 radical (unpaired) electrons. The second-order valence-corrected chi connectivity index (χ2v) is 1.78. The van der Waals surface area contributed by atoms with Crippen molar-refractivity contribution in [1.29, 1.82) is 0 Å². The minimum absolute atomic E-state index is 0.464. The Morgan fingerprint density at radius 1 is 1.25 bits per heavy atom. The van der Waals surface area contributed by atoms with Crippen LogP contribution in [0.1, 0.15) is 6.92 Å². The molecule has 0 saturated carbocycles. The maximum Gasteiger partial charge on any atom is 0.461 e. The Morgan fingerprint density at radius 3 is 1.92 bits per heavy atom. The minimum atomic E-state index is -4.87. The molecular formula is C5H4F6O. The lowest BCUT2D eigenvalue weighted by Gasteiger charge is -2.15. The summed E-state index contributed by atoms with van der Waals surface area (Å²) in [4.78, 5) is 0. The smallest absolute Gasteiger partial charge is 0.427 e. The summed E-state index contributed by atoms with van der Waals surface area (Å²) in [7, 11) is 0. The summed E-state index contributed by atoms with van der Waals surface area (Å²) in [6.07, 6.45) is -11.6. The molecule has 0 heterocycles. The van der Waals surface area contributed by atoms with E-state index in [2.05, 4.69) is 4.74 Å². The van der Waals surface area contributed by atoms with Crippen LogP contribution in [0.4, 0.5) is 26.3 Å². The van der Waals surface area contributed by atoms with Crippen LogP contribution < -0.4 is 0 Å². The number of halogens is 6. The van der Waals surface area contributed by atoms with E-state index in [1.807, 2.05) is 0 Å². The predicted octanol–water partition coefficient (Wildman–Crippen LogP) is 2.99. The van der Waals surface area contributed by atoms with Gasteiger partial charge in [-0.05, 0) is 6.92 Å². The molecule has 72 valence electrons. The molecule has 0 aromatic rings. The van der Waals surface area contributed by atoms with E-state index in [0.29, 0.717) is 6.92 Å². The summed E-state index contributed by atoms with van der Waals surface area (Å²) < 4.78 is 72.0. The lowest BCUT2D eigenvalue weighted by atomic mass is 10.6. The van der Waals surface area contributed by atoms with Crippen LogP contribution in [-0.2, 0) is 4.74 Å². The molecule has 7 heteroatoms. The van der Waals surface area contributed by atoms with Crippen LogP contribution >= 0.6 is 0 Å². The molecule has 0 aliphatic rings. The van der Waals surface area contributed by atoms with Gasteiger partial charge in [0.25, 0.3) is 0 Å². The van der Waals surface area contributed by atoms with E-state index in [4.69, 9.17) is 0 Å². The van der Waals surface area contributed by atoms with Crippen molar-refractivity contribution < 1.29 is 31.1 Å². The Kier molecular flexibility index (Phi) is 3.41. The SMILES string of the molecule is CC(OC(F)(F)C(F)F)=C(F)F. The molecule has 0 aliphatic heterocycles. The van der Waals surface area contributed by atoms with Crippen LogP contribution in [0.2, 0.25) is 0 Å². The third-order valence-corrected chi connectivity index (χ3v) is 0.809. The van der Waals surface area contributed by atoms with Gasteiger partial charge in [0.1, 0.15) is 0 Å². The molecular weight excluding hydrogens is 190 g/mol. The van der Waals surface area contributed by atoms with Crippen molar-refractivity contribution in [2.45, 2.75) is 19.5 Å². The summed E-state index contributed by atoms with van der Waals surface area (Å²) in [5.41, 5.74) is 0. The maximum absolute atomic E-state index is 11.8. The van der Waals surface area contributed by atoms with Crippen LogP contribution in [0.15, 0.2) is 11.8 Å². The average Bonchev–Trinajstić information content (AvgIpc) is 1.85. The van der Waals surface area contributed by atoms with E-state index in [1.54, 1.807) is 0 Å². The fraction of sp³-hybridized carbons (Fsp3) is 0.600. The molecule has 0 aliphatic carbocycles. The number of ether oxygens (including phenoxy) is 1. The van der Waals surface area contributed by atoms with Crippen LogP contribution in [0, 0.1) is 0 Å². The van der Waals surface area contributed by atoms with Crippen LogP contribution in [-0.4, -0.2) is 12.5 Å². The van der Waals surface area contributed by atoms with Gasteiger partial charge >= 0.3 is 18.6 Å². The average molecular weight is 194 g/mol. The highest BCUT2D eigenvalue weighted by molar-refractivity contribution is 4.89. The third kappa shape index (κ3) is 3.02. The standard InChI is InChI=1S/C5H4F6O/c1-2(3(6)7)12-5(10,11)4(8)9/h4H,1H3. The van der Waals surface area contributed by atoms with Gasteiger partial charge < -0.3 is 4.74 Å².